The Balaban J connectivity index is 1.72. The van der Waals surface area contributed by atoms with Crippen LogP contribution in [0.5, 0.6) is 17.2 Å². The number of nitrogens with zero attached hydrogens (tertiary/aromatic N) is 3. The summed E-state index contributed by atoms with van der Waals surface area (Å²) in [6.45, 7) is 1.93. The molecule has 3 aromatic heterocycles. The molecule has 146 valence electrons. The van der Waals surface area contributed by atoms with Gasteiger partial charge in [-0.15, -0.1) is 11.3 Å². The van der Waals surface area contributed by atoms with Gasteiger partial charge in [-0.1, -0.05) is 6.07 Å². The van der Waals surface area contributed by atoms with Crippen LogP contribution in [0.1, 0.15) is 21.4 Å². The lowest BCUT2D eigenvalue weighted by Crippen LogP contribution is -2.22. The van der Waals surface area contributed by atoms with E-state index in [-0.39, 0.29) is 0 Å². The molecule has 7 nitrogen and oxygen atoms in total. The van der Waals surface area contributed by atoms with E-state index in [1.54, 1.807) is 56.2 Å². The molecule has 0 bridgehead atoms. The van der Waals surface area contributed by atoms with Gasteiger partial charge in [-0.25, -0.2) is 4.98 Å². The molecule has 1 aromatic carbocycles. The number of aryl methyl sites for hydroxylation is 1. The predicted molar refractivity (Wildman–Crippen MR) is 110 cm³/mol. The lowest BCUT2D eigenvalue weighted by molar-refractivity contribution is -0.118. The van der Waals surface area contributed by atoms with Gasteiger partial charge >= 0.3 is 0 Å². The highest BCUT2D eigenvalue weighted by atomic mass is 32.1. The summed E-state index contributed by atoms with van der Waals surface area (Å²) in [7, 11) is 1.54. The van der Waals surface area contributed by atoms with Crippen LogP contribution in [0.2, 0.25) is 0 Å². The van der Waals surface area contributed by atoms with E-state index >= 15 is 0 Å². The van der Waals surface area contributed by atoms with Crippen molar-refractivity contribution >= 4 is 28.1 Å². The first-order chi connectivity index (χ1) is 14.1. The van der Waals surface area contributed by atoms with Crippen molar-refractivity contribution in [3.63, 3.8) is 0 Å². The molecule has 4 aromatic rings. The van der Waals surface area contributed by atoms with Crippen LogP contribution in [0, 0.1) is 6.92 Å². The Labute approximate surface area is 171 Å². The fourth-order valence-corrected chi connectivity index (χ4v) is 3.99. The molecule has 8 heteroatoms. The van der Waals surface area contributed by atoms with Gasteiger partial charge < -0.3 is 15.2 Å². The molecular weight excluding hydrogens is 388 g/mol. The third-order valence-corrected chi connectivity index (χ3v) is 5.40. The van der Waals surface area contributed by atoms with E-state index in [9.17, 15) is 4.79 Å². The van der Waals surface area contributed by atoms with Crippen molar-refractivity contribution in [2.45, 2.75) is 12.8 Å². The number of aromatic nitrogens is 3. The highest BCUT2D eigenvalue weighted by Crippen LogP contribution is 2.37. The fraction of sp³-hybridized carbons (Fsp3) is 0.143. The number of fused-ring (bicyclic) bond motifs is 1. The minimum Gasteiger partial charge on any atom is -0.496 e. The van der Waals surface area contributed by atoms with E-state index in [0.29, 0.717) is 27.8 Å². The van der Waals surface area contributed by atoms with Crippen molar-refractivity contribution in [2.24, 2.45) is 5.73 Å². The standard InChI is InChI=1S/C21H18N4O3S/c1-12-10-25-21(29-12)19(20(22)26)14-4-3-13(9-18(14)27-2)28-17-6-8-24-16-5-7-23-11-15(16)17/h3-11,19H,1-2H3,(H2,22,26). The maximum Gasteiger partial charge on any atom is 0.232 e. The van der Waals surface area contributed by atoms with E-state index in [0.717, 1.165) is 15.8 Å². The summed E-state index contributed by atoms with van der Waals surface area (Å²) < 4.78 is 11.6. The van der Waals surface area contributed by atoms with Gasteiger partial charge in [0.25, 0.3) is 0 Å². The number of ether oxygens (including phenoxy) is 2. The molecule has 0 saturated carbocycles. The van der Waals surface area contributed by atoms with Gasteiger partial charge in [-0.05, 0) is 25.1 Å². The molecule has 0 spiro atoms. The highest BCUT2D eigenvalue weighted by Gasteiger charge is 2.27. The average Bonchev–Trinajstić information content (AvgIpc) is 3.14. The van der Waals surface area contributed by atoms with Crippen molar-refractivity contribution in [2.75, 3.05) is 7.11 Å². The number of methoxy groups -OCH3 is 1. The number of primary amides is 1. The second-order valence-electron chi connectivity index (χ2n) is 6.35. The highest BCUT2D eigenvalue weighted by molar-refractivity contribution is 7.11. The monoisotopic (exact) mass is 406 g/mol. The third-order valence-electron chi connectivity index (χ3n) is 4.42. The molecule has 2 N–H and O–H groups in total. The second kappa shape index (κ2) is 7.84. The molecule has 3 heterocycles. The summed E-state index contributed by atoms with van der Waals surface area (Å²) in [4.78, 5) is 26.0. The average molecular weight is 406 g/mol. The van der Waals surface area contributed by atoms with Crippen LogP contribution in [0.25, 0.3) is 10.9 Å². The van der Waals surface area contributed by atoms with Gasteiger partial charge in [0, 0.05) is 41.3 Å². The van der Waals surface area contributed by atoms with Gasteiger partial charge in [0.15, 0.2) is 0 Å². The van der Waals surface area contributed by atoms with E-state index in [1.807, 2.05) is 13.0 Å². The Morgan fingerprint density at radius 2 is 1.97 bits per heavy atom. The summed E-state index contributed by atoms with van der Waals surface area (Å²) in [5, 5.41) is 1.43. The minimum atomic E-state index is -0.691. The van der Waals surface area contributed by atoms with E-state index in [4.69, 9.17) is 15.2 Å². The first-order valence-corrected chi connectivity index (χ1v) is 9.64. The van der Waals surface area contributed by atoms with Crippen molar-refractivity contribution < 1.29 is 14.3 Å². The molecule has 1 unspecified atom stereocenters. The maximum atomic E-state index is 12.2. The molecule has 0 aliphatic heterocycles. The maximum absolute atomic E-state index is 12.2. The molecule has 0 aliphatic rings. The number of carbonyl (C=O) groups is 1. The number of hydrogen-bond acceptors (Lipinski definition) is 7. The summed E-state index contributed by atoms with van der Waals surface area (Å²) in [6, 6.07) is 8.88. The zero-order valence-electron chi connectivity index (χ0n) is 15.8. The minimum absolute atomic E-state index is 0.488. The quantitative estimate of drug-likeness (QED) is 0.523. The molecule has 0 saturated heterocycles. The number of benzene rings is 1. The van der Waals surface area contributed by atoms with Crippen LogP contribution in [0.15, 0.2) is 55.1 Å². The molecule has 4 rings (SSSR count). The Bertz CT molecular complexity index is 1190. The van der Waals surface area contributed by atoms with Crippen molar-refractivity contribution in [1.82, 2.24) is 15.0 Å². The summed E-state index contributed by atoms with van der Waals surface area (Å²) in [5.74, 6) is 0.497. The smallest absolute Gasteiger partial charge is 0.232 e. The van der Waals surface area contributed by atoms with Crippen molar-refractivity contribution in [3.05, 3.63) is 70.6 Å². The predicted octanol–water partition coefficient (Wildman–Crippen LogP) is 3.81. The number of nitrogens with two attached hydrogens (primary N) is 1. The van der Waals surface area contributed by atoms with E-state index < -0.39 is 11.8 Å². The largest absolute Gasteiger partial charge is 0.496 e. The zero-order valence-corrected chi connectivity index (χ0v) is 16.6. The van der Waals surface area contributed by atoms with Crippen LogP contribution >= 0.6 is 11.3 Å². The molecular formula is C21H18N4O3S. The molecule has 0 fully saturated rings. The van der Waals surface area contributed by atoms with Gasteiger partial charge in [0.2, 0.25) is 5.91 Å². The number of amides is 1. The Morgan fingerprint density at radius 3 is 2.69 bits per heavy atom. The van der Waals surface area contributed by atoms with Crippen molar-refractivity contribution in [3.8, 4) is 17.2 Å². The van der Waals surface area contributed by atoms with E-state index in [2.05, 4.69) is 15.0 Å². The molecule has 1 atom stereocenters. The fourth-order valence-electron chi connectivity index (χ4n) is 3.09. The molecule has 0 aliphatic carbocycles. The van der Waals surface area contributed by atoms with Crippen LogP contribution in [0.3, 0.4) is 0 Å². The number of pyridine rings is 2. The number of hydrogen-bond donors (Lipinski definition) is 1. The SMILES string of the molecule is COc1cc(Oc2ccnc3ccncc23)ccc1C(C(N)=O)c1ncc(C)s1. The van der Waals surface area contributed by atoms with Crippen LogP contribution in [-0.4, -0.2) is 28.0 Å². The molecule has 1 amide bonds. The first-order valence-electron chi connectivity index (χ1n) is 8.83. The topological polar surface area (TPSA) is 100 Å². The lowest BCUT2D eigenvalue weighted by atomic mass is 9.98. The van der Waals surface area contributed by atoms with Crippen LogP contribution in [-0.2, 0) is 4.79 Å². The molecule has 29 heavy (non-hydrogen) atoms. The van der Waals surface area contributed by atoms with Gasteiger partial charge in [-0.2, -0.15) is 0 Å². The zero-order chi connectivity index (χ0) is 20.4. The second-order valence-corrected chi connectivity index (χ2v) is 7.62. The molecule has 0 radical (unpaired) electrons. The van der Waals surface area contributed by atoms with Crippen LogP contribution < -0.4 is 15.2 Å². The Hall–Kier alpha value is -3.52. The van der Waals surface area contributed by atoms with E-state index in [1.165, 1.54) is 11.3 Å². The normalized spacial score (nSPS) is 11.9. The number of carbonyl (C=O) groups excluding carboxylic acids is 1. The number of rotatable bonds is 6. The lowest BCUT2D eigenvalue weighted by Gasteiger charge is -2.17. The van der Waals surface area contributed by atoms with Gasteiger partial charge in [-0.3, -0.25) is 14.8 Å². The Morgan fingerprint density at radius 1 is 1.10 bits per heavy atom. The summed E-state index contributed by atoms with van der Waals surface area (Å²) in [6.07, 6.45) is 6.79. The number of thiazole rings is 1. The van der Waals surface area contributed by atoms with Crippen LogP contribution in [0.4, 0.5) is 0 Å². The van der Waals surface area contributed by atoms with Crippen molar-refractivity contribution in [1.29, 1.82) is 0 Å². The third kappa shape index (κ3) is 3.74. The summed E-state index contributed by atoms with van der Waals surface area (Å²) >= 11 is 1.43. The summed E-state index contributed by atoms with van der Waals surface area (Å²) in [5.41, 5.74) is 7.11. The first kappa shape index (κ1) is 18.8. The van der Waals surface area contributed by atoms with Gasteiger partial charge in [0.05, 0.1) is 18.0 Å². The van der Waals surface area contributed by atoms with Gasteiger partial charge in [0.1, 0.15) is 28.2 Å². The Kier molecular flexibility index (Phi) is 5.09.